The first-order valence-electron chi connectivity index (χ1n) is 6.84. The van der Waals surface area contributed by atoms with Gasteiger partial charge in [-0.3, -0.25) is 0 Å². The van der Waals surface area contributed by atoms with Crippen LogP contribution >= 0.6 is 11.3 Å². The minimum Gasteiger partial charge on any atom is -0.310 e. The predicted octanol–water partition coefficient (Wildman–Crippen LogP) is 2.94. The first kappa shape index (κ1) is 14.7. The summed E-state index contributed by atoms with van der Waals surface area (Å²) in [6.07, 6.45) is 1.38. The molecule has 1 aromatic carbocycles. The van der Waals surface area contributed by atoms with Crippen LogP contribution in [0.2, 0.25) is 0 Å². The molecule has 1 aromatic heterocycles. The second-order valence-corrected chi connectivity index (χ2v) is 8.24. The van der Waals surface area contributed by atoms with Gasteiger partial charge >= 0.3 is 0 Å². The third-order valence-electron chi connectivity index (χ3n) is 3.70. The lowest BCUT2D eigenvalue weighted by Gasteiger charge is -2.26. The number of nitrogens with one attached hydrogen (secondary N) is 1. The molecule has 1 atom stereocenters. The van der Waals surface area contributed by atoms with E-state index in [9.17, 15) is 12.8 Å². The van der Waals surface area contributed by atoms with Crippen molar-refractivity contribution in [1.29, 1.82) is 0 Å². The quantitative estimate of drug-likeness (QED) is 0.879. The van der Waals surface area contributed by atoms with Crippen molar-refractivity contribution >= 4 is 21.2 Å². The van der Waals surface area contributed by atoms with Gasteiger partial charge in [-0.1, -0.05) is 6.07 Å². The highest BCUT2D eigenvalue weighted by atomic mass is 32.2. The van der Waals surface area contributed by atoms with Crippen LogP contribution in [0.3, 0.4) is 0 Å². The zero-order chi connectivity index (χ0) is 14.9. The van der Waals surface area contributed by atoms with Crippen LogP contribution in [0.5, 0.6) is 0 Å². The number of thiophene rings is 1. The van der Waals surface area contributed by atoms with Gasteiger partial charge in [0.15, 0.2) is 9.84 Å². The van der Waals surface area contributed by atoms with Gasteiger partial charge in [-0.15, -0.1) is 11.3 Å². The van der Waals surface area contributed by atoms with Crippen LogP contribution in [0.1, 0.15) is 22.9 Å². The molecule has 1 unspecified atom stereocenters. The lowest BCUT2D eigenvalue weighted by atomic mass is 10.0. The molecule has 0 amide bonds. The maximum Gasteiger partial charge on any atom is 0.178 e. The molecule has 0 bridgehead atoms. The molecule has 1 aliphatic rings. The first-order chi connectivity index (χ1) is 10.1. The Labute approximate surface area is 127 Å². The molecular formula is C15H16FNO2S2. The molecule has 0 saturated carbocycles. The summed E-state index contributed by atoms with van der Waals surface area (Å²) in [6.45, 7) is 0.751. The van der Waals surface area contributed by atoms with E-state index >= 15 is 0 Å². The molecule has 2 aromatic rings. The van der Waals surface area contributed by atoms with Crippen molar-refractivity contribution in [2.75, 3.05) is 12.3 Å². The fourth-order valence-electron chi connectivity index (χ4n) is 2.65. The largest absolute Gasteiger partial charge is 0.310 e. The maximum absolute atomic E-state index is 13.4. The Balaban J connectivity index is 1.76. The Hall–Kier alpha value is -1.24. The standard InChI is InChI=1S/C15H16FNO2S2/c16-11-3-4-15-13(10-11)14(6-9-21(15,18)19)17-7-5-12-2-1-8-20-12/h1-4,8,10,14,17H,5-7,9H2. The summed E-state index contributed by atoms with van der Waals surface area (Å²) in [4.78, 5) is 1.55. The van der Waals surface area contributed by atoms with Crippen LogP contribution in [0.4, 0.5) is 4.39 Å². The number of sulfone groups is 1. The zero-order valence-electron chi connectivity index (χ0n) is 11.4. The predicted molar refractivity (Wildman–Crippen MR) is 81.8 cm³/mol. The third-order valence-corrected chi connectivity index (χ3v) is 6.45. The van der Waals surface area contributed by atoms with Crippen LogP contribution < -0.4 is 5.32 Å². The summed E-state index contributed by atoms with van der Waals surface area (Å²) in [6, 6.07) is 7.93. The fraction of sp³-hybridized carbons (Fsp3) is 0.333. The SMILES string of the molecule is O=S1(=O)CCC(NCCc2cccs2)c2cc(F)ccc21. The highest BCUT2D eigenvalue weighted by molar-refractivity contribution is 7.91. The average Bonchev–Trinajstić information content (AvgIpc) is 2.94. The Morgan fingerprint density at radius 2 is 2.19 bits per heavy atom. The molecule has 6 heteroatoms. The molecule has 1 aliphatic heterocycles. The van der Waals surface area contributed by atoms with Gasteiger partial charge in [0.25, 0.3) is 0 Å². The molecule has 21 heavy (non-hydrogen) atoms. The average molecular weight is 325 g/mol. The summed E-state index contributed by atoms with van der Waals surface area (Å²) >= 11 is 1.70. The van der Waals surface area contributed by atoms with Gasteiger partial charge in [0.2, 0.25) is 0 Å². The van der Waals surface area contributed by atoms with Gasteiger partial charge in [-0.2, -0.15) is 0 Å². The Kier molecular flexibility index (Phi) is 4.10. The van der Waals surface area contributed by atoms with E-state index in [2.05, 4.69) is 11.4 Å². The van der Waals surface area contributed by atoms with Gasteiger partial charge in [-0.25, -0.2) is 12.8 Å². The molecule has 0 fully saturated rings. The van der Waals surface area contributed by atoms with Gasteiger partial charge in [0.05, 0.1) is 10.6 Å². The third kappa shape index (κ3) is 3.17. The topological polar surface area (TPSA) is 46.2 Å². The fourth-order valence-corrected chi connectivity index (χ4v) is 4.96. The number of benzene rings is 1. The molecule has 1 N–H and O–H groups in total. The van der Waals surface area contributed by atoms with E-state index in [0.717, 1.165) is 13.0 Å². The number of hydrogen-bond donors (Lipinski definition) is 1. The molecule has 3 rings (SSSR count). The van der Waals surface area contributed by atoms with Crippen molar-refractivity contribution in [3.8, 4) is 0 Å². The van der Waals surface area contributed by atoms with E-state index in [1.54, 1.807) is 11.3 Å². The molecule has 112 valence electrons. The highest BCUT2D eigenvalue weighted by Gasteiger charge is 2.30. The summed E-state index contributed by atoms with van der Waals surface area (Å²) < 4.78 is 37.5. The van der Waals surface area contributed by atoms with Crippen LogP contribution in [-0.4, -0.2) is 20.7 Å². The van der Waals surface area contributed by atoms with Crippen LogP contribution in [-0.2, 0) is 16.3 Å². The van der Waals surface area contributed by atoms with E-state index in [-0.39, 0.29) is 16.7 Å². The summed E-state index contributed by atoms with van der Waals surface area (Å²) in [5, 5.41) is 5.39. The summed E-state index contributed by atoms with van der Waals surface area (Å²) in [7, 11) is -3.26. The minimum absolute atomic E-state index is 0.0980. The van der Waals surface area contributed by atoms with Crippen molar-refractivity contribution in [1.82, 2.24) is 5.32 Å². The Morgan fingerprint density at radius 3 is 2.95 bits per heavy atom. The van der Waals surface area contributed by atoms with Crippen molar-refractivity contribution in [3.63, 3.8) is 0 Å². The summed E-state index contributed by atoms with van der Waals surface area (Å²) in [5.74, 6) is -0.279. The van der Waals surface area contributed by atoms with Gasteiger partial charge in [0, 0.05) is 17.5 Å². The number of fused-ring (bicyclic) bond motifs is 1. The van der Waals surface area contributed by atoms with E-state index in [0.29, 0.717) is 12.0 Å². The first-order valence-corrected chi connectivity index (χ1v) is 9.37. The Morgan fingerprint density at radius 1 is 1.33 bits per heavy atom. The number of halogens is 1. The van der Waals surface area contributed by atoms with Crippen LogP contribution in [0.25, 0.3) is 0 Å². The van der Waals surface area contributed by atoms with Crippen molar-refractivity contribution in [3.05, 3.63) is 52.0 Å². The maximum atomic E-state index is 13.4. The Bertz CT molecular complexity index is 726. The van der Waals surface area contributed by atoms with Crippen LogP contribution in [0, 0.1) is 5.82 Å². The van der Waals surface area contributed by atoms with Gasteiger partial charge in [-0.05, 0) is 48.1 Å². The van der Waals surface area contributed by atoms with Crippen LogP contribution in [0.15, 0.2) is 40.6 Å². The molecule has 0 aliphatic carbocycles. The molecule has 0 spiro atoms. The number of rotatable bonds is 4. The van der Waals surface area contributed by atoms with E-state index in [4.69, 9.17) is 0 Å². The monoisotopic (exact) mass is 325 g/mol. The number of hydrogen-bond acceptors (Lipinski definition) is 4. The normalized spacial score (nSPS) is 20.1. The lowest BCUT2D eigenvalue weighted by Crippen LogP contribution is -2.31. The van der Waals surface area contributed by atoms with Crippen molar-refractivity contribution in [2.45, 2.75) is 23.8 Å². The van der Waals surface area contributed by atoms with E-state index in [1.165, 1.54) is 23.1 Å². The molecule has 2 heterocycles. The molecule has 3 nitrogen and oxygen atoms in total. The van der Waals surface area contributed by atoms with Crippen molar-refractivity contribution in [2.24, 2.45) is 0 Å². The molecule has 0 radical (unpaired) electrons. The zero-order valence-corrected chi connectivity index (χ0v) is 13.0. The second-order valence-electron chi connectivity index (χ2n) is 5.13. The van der Waals surface area contributed by atoms with E-state index < -0.39 is 15.7 Å². The second kappa shape index (κ2) is 5.87. The minimum atomic E-state index is -3.26. The van der Waals surface area contributed by atoms with E-state index in [1.807, 2.05) is 11.4 Å². The summed E-state index contributed by atoms with van der Waals surface area (Å²) in [5.41, 5.74) is 0.562. The highest BCUT2D eigenvalue weighted by Crippen LogP contribution is 2.32. The van der Waals surface area contributed by atoms with Gasteiger partial charge in [0.1, 0.15) is 5.82 Å². The molecular weight excluding hydrogens is 309 g/mol. The lowest BCUT2D eigenvalue weighted by molar-refractivity contribution is 0.491. The van der Waals surface area contributed by atoms with Crippen molar-refractivity contribution < 1.29 is 12.8 Å². The van der Waals surface area contributed by atoms with Gasteiger partial charge < -0.3 is 5.32 Å². The molecule has 0 saturated heterocycles. The smallest absolute Gasteiger partial charge is 0.178 e.